The standard InChI is InChI=1S/C43H62N4O6/c1-9-10-23-43(36-22-16-20-33-19-14-15-21-34(33)36,47(40(50)31(8)44)42(52)53-27-32-17-12-11-13-18-32)41(51)46-37(24-28(2)3)38(48)25-35(30(6)7)39(49)45-26-29(4)5/h11-22,28-31,35,37-38,48H,9-10,23-27,44H2,1-8H3,(H,45,49)(H,46,51)/t31-,35?,37-,38-,43+/m0/s1. The van der Waals surface area contributed by atoms with Crippen LogP contribution in [0.5, 0.6) is 0 Å². The van der Waals surface area contributed by atoms with E-state index in [-0.39, 0.29) is 43.1 Å². The first-order valence-corrected chi connectivity index (χ1v) is 19.2. The highest BCUT2D eigenvalue weighted by atomic mass is 16.6. The molecule has 4 amide bonds. The molecule has 5 N–H and O–H groups in total. The molecule has 0 saturated heterocycles. The van der Waals surface area contributed by atoms with Crippen LogP contribution in [0.3, 0.4) is 0 Å². The Morgan fingerprint density at radius 1 is 0.849 bits per heavy atom. The Balaban J connectivity index is 2.24. The van der Waals surface area contributed by atoms with Gasteiger partial charge in [0.1, 0.15) is 6.61 Å². The first-order chi connectivity index (χ1) is 25.1. The molecule has 3 aromatic rings. The summed E-state index contributed by atoms with van der Waals surface area (Å²) < 4.78 is 5.83. The number of fused-ring (bicyclic) bond motifs is 1. The molecule has 0 radical (unpaired) electrons. The number of carbonyl (C=O) groups is 4. The third-order valence-electron chi connectivity index (χ3n) is 9.71. The van der Waals surface area contributed by atoms with Gasteiger partial charge in [-0.15, -0.1) is 0 Å². The molecule has 0 bridgehead atoms. The Labute approximate surface area is 316 Å². The van der Waals surface area contributed by atoms with E-state index in [1.165, 1.54) is 6.92 Å². The van der Waals surface area contributed by atoms with Crippen LogP contribution in [0.25, 0.3) is 10.8 Å². The molecular weight excluding hydrogens is 668 g/mol. The summed E-state index contributed by atoms with van der Waals surface area (Å²) in [5.41, 5.74) is 5.49. The minimum Gasteiger partial charge on any atom is -0.444 e. The molecule has 0 saturated carbocycles. The monoisotopic (exact) mass is 730 g/mol. The molecule has 3 rings (SSSR count). The van der Waals surface area contributed by atoms with Gasteiger partial charge in [0.15, 0.2) is 5.54 Å². The number of ether oxygens (including phenoxy) is 1. The van der Waals surface area contributed by atoms with E-state index >= 15 is 4.79 Å². The normalized spacial score (nSPS) is 15.0. The topological polar surface area (TPSA) is 151 Å². The second-order valence-corrected chi connectivity index (χ2v) is 15.5. The van der Waals surface area contributed by atoms with Gasteiger partial charge in [0.25, 0.3) is 5.91 Å². The Morgan fingerprint density at radius 2 is 1.49 bits per heavy atom. The molecule has 0 heterocycles. The fourth-order valence-electron chi connectivity index (χ4n) is 6.79. The summed E-state index contributed by atoms with van der Waals surface area (Å²) in [6, 6.07) is 20.1. The molecule has 1 unspecified atom stereocenters. The number of carbonyl (C=O) groups excluding carboxylic acids is 4. The molecule has 0 aliphatic rings. The van der Waals surface area contributed by atoms with Gasteiger partial charge in [-0.05, 0) is 65.8 Å². The average molecular weight is 731 g/mol. The van der Waals surface area contributed by atoms with Crippen molar-refractivity contribution in [1.29, 1.82) is 0 Å². The molecule has 0 fully saturated rings. The van der Waals surface area contributed by atoms with Crippen LogP contribution in [0, 0.1) is 23.7 Å². The molecule has 3 aromatic carbocycles. The summed E-state index contributed by atoms with van der Waals surface area (Å²) in [4.78, 5) is 58.5. The predicted molar refractivity (Wildman–Crippen MR) is 210 cm³/mol. The summed E-state index contributed by atoms with van der Waals surface area (Å²) in [7, 11) is 0. The van der Waals surface area contributed by atoms with Crippen LogP contribution in [0.4, 0.5) is 4.79 Å². The first kappa shape index (κ1) is 43.1. The third kappa shape index (κ3) is 11.4. The van der Waals surface area contributed by atoms with Crippen LogP contribution in [0.1, 0.15) is 98.6 Å². The SMILES string of the molecule is CCCC[C@](C(=O)N[C@@H](CC(C)C)[C@@H](O)CC(C(=O)NCC(C)C)C(C)C)(c1cccc2ccccc12)N(C(=O)OCc1ccccc1)C(=O)[C@H](C)N. The molecule has 0 spiro atoms. The summed E-state index contributed by atoms with van der Waals surface area (Å²) in [5, 5.41) is 19.5. The number of hydrogen-bond acceptors (Lipinski definition) is 7. The predicted octanol–water partition coefficient (Wildman–Crippen LogP) is 7.06. The number of benzene rings is 3. The quantitative estimate of drug-likeness (QED) is 0.103. The van der Waals surface area contributed by atoms with Crippen LogP contribution in [0.2, 0.25) is 0 Å². The smallest absolute Gasteiger partial charge is 0.418 e. The molecular formula is C43H62N4O6. The second-order valence-electron chi connectivity index (χ2n) is 15.5. The van der Waals surface area contributed by atoms with Gasteiger partial charge in [0.2, 0.25) is 11.8 Å². The van der Waals surface area contributed by atoms with E-state index in [4.69, 9.17) is 10.5 Å². The molecule has 0 aliphatic carbocycles. The Kier molecular flexibility index (Phi) is 16.5. The number of aliphatic hydroxyl groups is 1. The number of nitrogens with one attached hydrogen (secondary N) is 2. The van der Waals surface area contributed by atoms with E-state index < -0.39 is 47.6 Å². The second kappa shape index (κ2) is 20.3. The van der Waals surface area contributed by atoms with Crippen molar-refractivity contribution in [2.75, 3.05) is 6.54 Å². The number of hydrogen-bond donors (Lipinski definition) is 4. The van der Waals surface area contributed by atoms with E-state index in [9.17, 15) is 19.5 Å². The molecule has 10 heteroatoms. The van der Waals surface area contributed by atoms with Gasteiger partial charge in [-0.25, -0.2) is 9.69 Å². The minimum atomic E-state index is -1.92. The van der Waals surface area contributed by atoms with Gasteiger partial charge < -0.3 is 26.2 Å². The lowest BCUT2D eigenvalue weighted by molar-refractivity contribution is -0.149. The average Bonchev–Trinajstić information content (AvgIpc) is 3.12. The highest BCUT2D eigenvalue weighted by molar-refractivity contribution is 6.05. The van der Waals surface area contributed by atoms with Crippen molar-refractivity contribution >= 4 is 34.6 Å². The van der Waals surface area contributed by atoms with E-state index in [1.54, 1.807) is 24.3 Å². The number of aliphatic hydroxyl groups excluding tert-OH is 1. The highest BCUT2D eigenvalue weighted by Crippen LogP contribution is 2.40. The maximum absolute atomic E-state index is 15.4. The van der Waals surface area contributed by atoms with Crippen LogP contribution in [0.15, 0.2) is 72.8 Å². The lowest BCUT2D eigenvalue weighted by atomic mass is 9.78. The third-order valence-corrected chi connectivity index (χ3v) is 9.71. The summed E-state index contributed by atoms with van der Waals surface area (Å²) in [5.74, 6) is -1.84. The van der Waals surface area contributed by atoms with Crippen molar-refractivity contribution in [3.05, 3.63) is 83.9 Å². The highest BCUT2D eigenvalue weighted by Gasteiger charge is 2.53. The first-order valence-electron chi connectivity index (χ1n) is 19.2. The summed E-state index contributed by atoms with van der Waals surface area (Å²) in [6.45, 7) is 15.7. The van der Waals surface area contributed by atoms with Gasteiger partial charge in [-0.3, -0.25) is 14.4 Å². The molecule has 290 valence electrons. The zero-order valence-electron chi connectivity index (χ0n) is 32.9. The van der Waals surface area contributed by atoms with Gasteiger partial charge >= 0.3 is 6.09 Å². The number of rotatable bonds is 19. The largest absolute Gasteiger partial charge is 0.444 e. The summed E-state index contributed by atoms with van der Waals surface area (Å²) in [6.07, 6.45) is -0.441. The van der Waals surface area contributed by atoms with E-state index in [0.29, 0.717) is 42.3 Å². The number of unbranched alkanes of at least 4 members (excludes halogenated alkanes) is 1. The maximum Gasteiger partial charge on any atom is 0.418 e. The number of nitrogens with zero attached hydrogens (tertiary/aromatic N) is 1. The van der Waals surface area contributed by atoms with Crippen molar-refractivity contribution in [2.24, 2.45) is 29.4 Å². The van der Waals surface area contributed by atoms with E-state index in [2.05, 4.69) is 10.6 Å². The zero-order valence-corrected chi connectivity index (χ0v) is 32.9. The number of imide groups is 1. The van der Waals surface area contributed by atoms with Crippen LogP contribution in [-0.4, -0.2) is 58.6 Å². The van der Waals surface area contributed by atoms with Gasteiger partial charge in [0.05, 0.1) is 18.2 Å². The van der Waals surface area contributed by atoms with Crippen LogP contribution in [-0.2, 0) is 31.3 Å². The van der Waals surface area contributed by atoms with Gasteiger partial charge in [-0.2, -0.15) is 0 Å². The zero-order chi connectivity index (χ0) is 39.3. The van der Waals surface area contributed by atoms with Crippen molar-refractivity contribution in [1.82, 2.24) is 15.5 Å². The Hall–Kier alpha value is -4.28. The maximum atomic E-state index is 15.4. The minimum absolute atomic E-state index is 0.0439. The van der Waals surface area contributed by atoms with Crippen LogP contribution >= 0.6 is 0 Å². The van der Waals surface area contributed by atoms with E-state index in [1.807, 2.05) is 97.0 Å². The van der Waals surface area contributed by atoms with Crippen LogP contribution < -0.4 is 16.4 Å². The summed E-state index contributed by atoms with van der Waals surface area (Å²) >= 11 is 0. The lowest BCUT2D eigenvalue weighted by Gasteiger charge is -2.43. The molecule has 0 aromatic heterocycles. The van der Waals surface area contributed by atoms with Gasteiger partial charge in [0, 0.05) is 12.5 Å². The van der Waals surface area contributed by atoms with Crippen molar-refractivity contribution in [3.63, 3.8) is 0 Å². The number of amides is 4. The Morgan fingerprint density at radius 3 is 2.09 bits per heavy atom. The van der Waals surface area contributed by atoms with E-state index in [0.717, 1.165) is 10.3 Å². The molecule has 5 atom stereocenters. The number of nitrogens with two attached hydrogens (primary N) is 1. The molecule has 0 aliphatic heterocycles. The van der Waals surface area contributed by atoms with Crippen molar-refractivity contribution < 1.29 is 29.0 Å². The fraction of sp³-hybridized carbons (Fsp3) is 0.535. The van der Waals surface area contributed by atoms with Gasteiger partial charge in [-0.1, -0.05) is 134 Å². The lowest BCUT2D eigenvalue weighted by Crippen LogP contribution is -2.64. The van der Waals surface area contributed by atoms with Crippen molar-refractivity contribution in [2.45, 2.75) is 118 Å². The Bertz CT molecular complexity index is 1640. The fourth-order valence-corrected chi connectivity index (χ4v) is 6.79. The van der Waals surface area contributed by atoms with Crippen molar-refractivity contribution in [3.8, 4) is 0 Å². The molecule has 10 nitrogen and oxygen atoms in total. The molecule has 53 heavy (non-hydrogen) atoms.